The third-order valence-corrected chi connectivity index (χ3v) is 3.15. The van der Waals surface area contributed by atoms with Gasteiger partial charge in [0, 0.05) is 12.6 Å². The lowest BCUT2D eigenvalue weighted by Gasteiger charge is -2.00. The number of aryl methyl sites for hydroxylation is 3. The molecule has 0 bridgehead atoms. The summed E-state index contributed by atoms with van der Waals surface area (Å²) in [5.74, 6) is 1.17. The normalized spacial score (nSPS) is 14.1. The Morgan fingerprint density at radius 1 is 1.25 bits per heavy atom. The van der Waals surface area contributed by atoms with E-state index >= 15 is 0 Å². The number of nitrogens with two attached hydrogens (primary N) is 1. The number of anilines is 1. The molecule has 0 atom stereocenters. The molecule has 0 unspecified atom stereocenters. The minimum absolute atomic E-state index is 0.454. The molecule has 2 aromatic rings. The maximum absolute atomic E-state index is 5.68. The third kappa shape index (κ3) is 1.38. The molecule has 0 spiro atoms. The Labute approximate surface area is 94.1 Å². The fraction of sp³-hybridized carbons (Fsp3) is 0.333. The second-order valence-corrected chi connectivity index (χ2v) is 4.25. The first-order valence-electron chi connectivity index (χ1n) is 5.53. The summed E-state index contributed by atoms with van der Waals surface area (Å²) in [6.07, 6.45) is 3.63. The fourth-order valence-corrected chi connectivity index (χ4v) is 2.23. The molecule has 3 rings (SSSR count). The fourth-order valence-electron chi connectivity index (χ4n) is 2.23. The Kier molecular flexibility index (Phi) is 1.96. The van der Waals surface area contributed by atoms with E-state index in [1.54, 1.807) is 11.7 Å². The van der Waals surface area contributed by atoms with Crippen molar-refractivity contribution in [3.8, 4) is 11.4 Å². The van der Waals surface area contributed by atoms with Gasteiger partial charge in [0.05, 0.1) is 0 Å². The van der Waals surface area contributed by atoms with Gasteiger partial charge in [-0.3, -0.25) is 0 Å². The van der Waals surface area contributed by atoms with Gasteiger partial charge in [-0.2, -0.15) is 4.98 Å². The highest BCUT2D eigenvalue weighted by atomic mass is 15.4. The predicted molar refractivity (Wildman–Crippen MR) is 62.9 cm³/mol. The maximum atomic E-state index is 5.68. The summed E-state index contributed by atoms with van der Waals surface area (Å²) in [7, 11) is 1.80. The van der Waals surface area contributed by atoms with E-state index in [2.05, 4.69) is 28.3 Å². The van der Waals surface area contributed by atoms with E-state index in [9.17, 15) is 0 Å². The molecule has 1 aliphatic carbocycles. The average molecular weight is 214 g/mol. The summed E-state index contributed by atoms with van der Waals surface area (Å²) in [5, 5.41) is 4.29. The topological polar surface area (TPSA) is 56.7 Å². The molecule has 0 saturated carbocycles. The first-order chi connectivity index (χ1) is 7.74. The van der Waals surface area contributed by atoms with Crippen molar-refractivity contribution in [2.45, 2.75) is 19.3 Å². The van der Waals surface area contributed by atoms with Crippen LogP contribution in [0.4, 0.5) is 5.95 Å². The Morgan fingerprint density at radius 3 is 2.81 bits per heavy atom. The minimum Gasteiger partial charge on any atom is -0.368 e. The van der Waals surface area contributed by atoms with Crippen LogP contribution in [-0.2, 0) is 19.9 Å². The van der Waals surface area contributed by atoms with Crippen molar-refractivity contribution in [1.82, 2.24) is 14.8 Å². The number of hydrogen-bond acceptors (Lipinski definition) is 3. The van der Waals surface area contributed by atoms with Crippen molar-refractivity contribution in [3.05, 3.63) is 29.3 Å². The lowest BCUT2D eigenvalue weighted by Crippen LogP contribution is -1.97. The van der Waals surface area contributed by atoms with Gasteiger partial charge in [0.1, 0.15) is 0 Å². The number of fused-ring (bicyclic) bond motifs is 1. The van der Waals surface area contributed by atoms with Crippen molar-refractivity contribution in [2.75, 3.05) is 5.73 Å². The molecule has 82 valence electrons. The number of nitrogen functional groups attached to an aromatic ring is 1. The lowest BCUT2D eigenvalue weighted by atomic mass is 10.1. The van der Waals surface area contributed by atoms with Crippen LogP contribution < -0.4 is 5.73 Å². The van der Waals surface area contributed by atoms with Crippen molar-refractivity contribution in [3.63, 3.8) is 0 Å². The Bertz CT molecular complexity index is 522. The van der Waals surface area contributed by atoms with Crippen LogP contribution in [0.5, 0.6) is 0 Å². The minimum atomic E-state index is 0.454. The zero-order valence-electron chi connectivity index (χ0n) is 9.27. The Hall–Kier alpha value is -1.84. The molecule has 1 aromatic heterocycles. The molecule has 16 heavy (non-hydrogen) atoms. The Balaban J connectivity index is 2.07. The molecular formula is C12H14N4. The highest BCUT2D eigenvalue weighted by Crippen LogP contribution is 2.26. The van der Waals surface area contributed by atoms with Crippen LogP contribution in [0, 0.1) is 0 Å². The van der Waals surface area contributed by atoms with E-state index in [-0.39, 0.29) is 0 Å². The van der Waals surface area contributed by atoms with Crippen LogP contribution in [0.25, 0.3) is 11.4 Å². The van der Waals surface area contributed by atoms with Crippen LogP contribution in [-0.4, -0.2) is 14.8 Å². The summed E-state index contributed by atoms with van der Waals surface area (Å²) in [4.78, 5) is 4.24. The Morgan fingerprint density at radius 2 is 2.06 bits per heavy atom. The molecule has 2 N–H and O–H groups in total. The maximum Gasteiger partial charge on any atom is 0.218 e. The summed E-state index contributed by atoms with van der Waals surface area (Å²) >= 11 is 0. The lowest BCUT2D eigenvalue weighted by molar-refractivity contribution is 0.781. The van der Waals surface area contributed by atoms with Crippen molar-refractivity contribution < 1.29 is 0 Å². The predicted octanol–water partition coefficient (Wildman–Crippen LogP) is 1.55. The molecule has 4 nitrogen and oxygen atoms in total. The molecule has 1 aliphatic rings. The number of nitrogens with zero attached hydrogens (tertiary/aromatic N) is 3. The molecule has 1 aromatic carbocycles. The molecule has 0 radical (unpaired) electrons. The van der Waals surface area contributed by atoms with Crippen molar-refractivity contribution in [1.29, 1.82) is 0 Å². The molecule has 4 heteroatoms. The second-order valence-electron chi connectivity index (χ2n) is 4.25. The van der Waals surface area contributed by atoms with E-state index in [1.807, 2.05) is 0 Å². The van der Waals surface area contributed by atoms with Gasteiger partial charge in [-0.25, -0.2) is 4.68 Å². The molecule has 0 aliphatic heterocycles. The van der Waals surface area contributed by atoms with Gasteiger partial charge < -0.3 is 5.73 Å². The van der Waals surface area contributed by atoms with Gasteiger partial charge in [0.2, 0.25) is 5.95 Å². The zero-order chi connectivity index (χ0) is 11.1. The van der Waals surface area contributed by atoms with Gasteiger partial charge in [0.25, 0.3) is 0 Å². The van der Waals surface area contributed by atoms with Gasteiger partial charge >= 0.3 is 0 Å². The highest BCUT2D eigenvalue weighted by molar-refractivity contribution is 5.59. The standard InChI is InChI=1S/C12H14N4/c1-16-12(13)14-11(15-16)10-6-5-8-3-2-4-9(8)7-10/h5-7H,2-4H2,1H3,(H2,13,14,15). The monoisotopic (exact) mass is 214 g/mol. The number of benzene rings is 1. The number of aromatic nitrogens is 3. The van der Waals surface area contributed by atoms with Crippen LogP contribution >= 0.6 is 0 Å². The summed E-state index contributed by atoms with van der Waals surface area (Å²) in [5.41, 5.74) is 9.64. The first-order valence-corrected chi connectivity index (χ1v) is 5.53. The van der Waals surface area contributed by atoms with E-state index in [1.165, 1.54) is 30.4 Å². The number of hydrogen-bond donors (Lipinski definition) is 1. The summed E-state index contributed by atoms with van der Waals surface area (Å²) in [6.45, 7) is 0. The molecule has 0 fully saturated rings. The zero-order valence-corrected chi connectivity index (χ0v) is 9.27. The average Bonchev–Trinajstić information content (AvgIpc) is 2.85. The third-order valence-electron chi connectivity index (χ3n) is 3.15. The van der Waals surface area contributed by atoms with E-state index in [4.69, 9.17) is 5.73 Å². The largest absolute Gasteiger partial charge is 0.368 e. The van der Waals surface area contributed by atoms with Crippen LogP contribution in [0.2, 0.25) is 0 Å². The van der Waals surface area contributed by atoms with Crippen LogP contribution in [0.15, 0.2) is 18.2 Å². The van der Waals surface area contributed by atoms with Crippen LogP contribution in [0.3, 0.4) is 0 Å². The summed E-state index contributed by atoms with van der Waals surface area (Å²) in [6, 6.07) is 6.46. The van der Waals surface area contributed by atoms with E-state index in [0.717, 1.165) is 11.4 Å². The van der Waals surface area contributed by atoms with Crippen molar-refractivity contribution >= 4 is 5.95 Å². The van der Waals surface area contributed by atoms with Gasteiger partial charge in [-0.05, 0) is 36.5 Å². The highest BCUT2D eigenvalue weighted by Gasteiger charge is 2.13. The van der Waals surface area contributed by atoms with E-state index in [0.29, 0.717) is 5.95 Å². The SMILES string of the molecule is Cn1nc(-c2ccc3c(c2)CCC3)nc1N. The smallest absolute Gasteiger partial charge is 0.218 e. The number of rotatable bonds is 1. The van der Waals surface area contributed by atoms with Crippen molar-refractivity contribution in [2.24, 2.45) is 7.05 Å². The second kappa shape index (κ2) is 3.33. The molecule has 0 amide bonds. The summed E-state index contributed by atoms with van der Waals surface area (Å²) < 4.78 is 1.60. The molecule has 0 saturated heterocycles. The molecular weight excluding hydrogens is 200 g/mol. The molecule has 1 heterocycles. The van der Waals surface area contributed by atoms with Crippen LogP contribution in [0.1, 0.15) is 17.5 Å². The van der Waals surface area contributed by atoms with Gasteiger partial charge in [-0.1, -0.05) is 12.1 Å². The van der Waals surface area contributed by atoms with E-state index < -0.39 is 0 Å². The van der Waals surface area contributed by atoms with Gasteiger partial charge in [0.15, 0.2) is 5.82 Å². The van der Waals surface area contributed by atoms with Gasteiger partial charge in [-0.15, -0.1) is 5.10 Å². The quantitative estimate of drug-likeness (QED) is 0.783. The first kappa shape index (κ1) is 9.39.